The molecule has 4 rings (SSSR count). The third kappa shape index (κ3) is 3.33. The van der Waals surface area contributed by atoms with Gasteiger partial charge < -0.3 is 15.0 Å². The number of nitrogens with zero attached hydrogens (tertiary/aromatic N) is 3. The summed E-state index contributed by atoms with van der Waals surface area (Å²) < 4.78 is 5.52. The van der Waals surface area contributed by atoms with Crippen LogP contribution in [0.5, 0.6) is 0 Å². The Morgan fingerprint density at radius 1 is 1.26 bits per heavy atom. The predicted molar refractivity (Wildman–Crippen MR) is 93.3 cm³/mol. The molecular weight excluding hydrogens is 308 g/mol. The average Bonchev–Trinajstić information content (AvgIpc) is 2.99. The highest BCUT2D eigenvalue weighted by atomic mass is 32.1. The third-order valence-corrected chi connectivity index (χ3v) is 5.62. The van der Waals surface area contributed by atoms with Crippen LogP contribution in [0.1, 0.15) is 29.1 Å². The van der Waals surface area contributed by atoms with E-state index in [0.29, 0.717) is 6.04 Å². The Hall–Kier alpha value is -1.66. The van der Waals surface area contributed by atoms with Crippen LogP contribution >= 0.6 is 11.3 Å². The molecule has 0 atom stereocenters. The second-order valence-corrected chi connectivity index (χ2v) is 7.30. The number of thiazole rings is 1. The van der Waals surface area contributed by atoms with E-state index >= 15 is 0 Å². The van der Waals surface area contributed by atoms with Gasteiger partial charge >= 0.3 is 0 Å². The van der Waals surface area contributed by atoms with Crippen molar-refractivity contribution >= 4 is 22.3 Å². The quantitative estimate of drug-likeness (QED) is 0.937. The van der Waals surface area contributed by atoms with Crippen molar-refractivity contribution < 1.29 is 4.74 Å². The first kappa shape index (κ1) is 14.9. The molecule has 0 spiro atoms. The van der Waals surface area contributed by atoms with Crippen LogP contribution in [0.25, 0.3) is 0 Å². The van der Waals surface area contributed by atoms with Crippen LogP contribution in [0.4, 0.5) is 10.9 Å². The Kier molecular flexibility index (Phi) is 4.18. The Labute approximate surface area is 140 Å². The van der Waals surface area contributed by atoms with E-state index in [1.165, 1.54) is 15.7 Å². The summed E-state index contributed by atoms with van der Waals surface area (Å²) in [4.78, 5) is 13.1. The van der Waals surface area contributed by atoms with E-state index < -0.39 is 0 Å². The van der Waals surface area contributed by atoms with Crippen LogP contribution in [-0.2, 0) is 17.8 Å². The molecule has 0 saturated carbocycles. The molecule has 1 N–H and O–H groups in total. The predicted octanol–water partition coefficient (Wildman–Crippen LogP) is 3.00. The van der Waals surface area contributed by atoms with Crippen molar-refractivity contribution in [1.82, 2.24) is 9.97 Å². The number of nitrogens with one attached hydrogen (secondary N) is 1. The molecule has 0 radical (unpaired) electrons. The topological polar surface area (TPSA) is 50.3 Å². The second-order valence-electron chi connectivity index (χ2n) is 6.24. The minimum atomic E-state index is 0.499. The van der Waals surface area contributed by atoms with Gasteiger partial charge in [0, 0.05) is 31.2 Å². The van der Waals surface area contributed by atoms with E-state index in [-0.39, 0.29) is 0 Å². The van der Waals surface area contributed by atoms with Gasteiger partial charge in [0.25, 0.3) is 0 Å². The number of fused-ring (bicyclic) bond motifs is 1. The van der Waals surface area contributed by atoms with Crippen LogP contribution in [0.15, 0.2) is 18.2 Å². The average molecular weight is 330 g/mol. The molecular formula is C17H22N4OS. The molecule has 0 aromatic carbocycles. The largest absolute Gasteiger partial charge is 0.375 e. The Balaban J connectivity index is 1.36. The van der Waals surface area contributed by atoms with Crippen molar-refractivity contribution in [3.05, 3.63) is 34.5 Å². The lowest BCUT2D eigenvalue weighted by molar-refractivity contribution is 0.112. The summed E-state index contributed by atoms with van der Waals surface area (Å²) in [6.45, 7) is 5.69. The van der Waals surface area contributed by atoms with Gasteiger partial charge in [-0.3, -0.25) is 0 Å². The molecule has 4 heterocycles. The second kappa shape index (κ2) is 6.45. The van der Waals surface area contributed by atoms with Crippen molar-refractivity contribution in [3.63, 3.8) is 0 Å². The number of hydrogen-bond donors (Lipinski definition) is 1. The van der Waals surface area contributed by atoms with E-state index in [0.717, 1.165) is 57.1 Å². The highest BCUT2D eigenvalue weighted by Gasteiger charge is 2.24. The molecule has 2 aromatic heterocycles. The van der Waals surface area contributed by atoms with Gasteiger partial charge in [-0.2, -0.15) is 0 Å². The van der Waals surface area contributed by atoms with Crippen molar-refractivity contribution in [2.45, 2.75) is 38.8 Å². The van der Waals surface area contributed by atoms with Gasteiger partial charge in [-0.25, -0.2) is 9.97 Å². The molecule has 1 fully saturated rings. The SMILES string of the molecule is Cc1cccc(NC2CCN(c3nc4c(s3)COCC4)CC2)n1. The minimum absolute atomic E-state index is 0.499. The molecule has 2 aliphatic heterocycles. The number of pyridine rings is 1. The van der Waals surface area contributed by atoms with E-state index in [4.69, 9.17) is 9.72 Å². The fourth-order valence-corrected chi connectivity index (χ4v) is 4.29. The summed E-state index contributed by atoms with van der Waals surface area (Å²) in [5, 5.41) is 4.74. The Morgan fingerprint density at radius 2 is 2.13 bits per heavy atom. The zero-order valence-corrected chi connectivity index (χ0v) is 14.2. The lowest BCUT2D eigenvalue weighted by Crippen LogP contribution is -2.39. The summed E-state index contributed by atoms with van der Waals surface area (Å²) in [6.07, 6.45) is 3.20. The summed E-state index contributed by atoms with van der Waals surface area (Å²) in [5.74, 6) is 0.991. The van der Waals surface area contributed by atoms with Crippen LogP contribution in [0, 0.1) is 6.92 Å². The number of ether oxygens (including phenoxy) is 1. The fourth-order valence-electron chi connectivity index (χ4n) is 3.19. The van der Waals surface area contributed by atoms with Gasteiger partial charge in [0.1, 0.15) is 5.82 Å². The number of anilines is 2. The first-order valence-electron chi connectivity index (χ1n) is 8.29. The normalized spacial score (nSPS) is 18.7. The molecule has 23 heavy (non-hydrogen) atoms. The van der Waals surface area contributed by atoms with Crippen LogP contribution in [0.3, 0.4) is 0 Å². The molecule has 2 aromatic rings. The standard InChI is InChI=1S/C17H22N4OS/c1-12-3-2-4-16(18-12)19-13-5-8-21(9-6-13)17-20-14-7-10-22-11-15(14)23-17/h2-4,13H,5-11H2,1H3,(H,18,19). The lowest BCUT2D eigenvalue weighted by Gasteiger charge is -2.32. The number of piperidine rings is 1. The first-order chi connectivity index (χ1) is 11.3. The lowest BCUT2D eigenvalue weighted by atomic mass is 10.1. The smallest absolute Gasteiger partial charge is 0.185 e. The highest BCUT2D eigenvalue weighted by molar-refractivity contribution is 7.15. The van der Waals surface area contributed by atoms with Crippen LogP contribution in [0.2, 0.25) is 0 Å². The summed E-state index contributed by atoms with van der Waals surface area (Å²) in [6, 6.07) is 6.64. The molecule has 2 aliphatic rings. The number of hydrogen-bond acceptors (Lipinski definition) is 6. The maximum Gasteiger partial charge on any atom is 0.185 e. The molecule has 6 heteroatoms. The minimum Gasteiger partial charge on any atom is -0.375 e. The van der Waals surface area contributed by atoms with Crippen molar-refractivity contribution in [2.75, 3.05) is 29.9 Å². The molecule has 1 saturated heterocycles. The van der Waals surface area contributed by atoms with Crippen LogP contribution < -0.4 is 10.2 Å². The fraction of sp³-hybridized carbons (Fsp3) is 0.529. The van der Waals surface area contributed by atoms with E-state index in [1.54, 1.807) is 11.3 Å². The van der Waals surface area contributed by atoms with Gasteiger partial charge in [-0.1, -0.05) is 17.4 Å². The number of aryl methyl sites for hydroxylation is 1. The maximum absolute atomic E-state index is 5.52. The maximum atomic E-state index is 5.52. The van der Waals surface area contributed by atoms with Crippen molar-refractivity contribution in [2.24, 2.45) is 0 Å². The van der Waals surface area contributed by atoms with E-state index in [9.17, 15) is 0 Å². The third-order valence-electron chi connectivity index (χ3n) is 4.49. The van der Waals surface area contributed by atoms with Crippen LogP contribution in [-0.4, -0.2) is 35.7 Å². The first-order valence-corrected chi connectivity index (χ1v) is 9.11. The van der Waals surface area contributed by atoms with Gasteiger partial charge in [-0.05, 0) is 31.9 Å². The van der Waals surface area contributed by atoms with Crippen molar-refractivity contribution in [3.8, 4) is 0 Å². The molecule has 0 amide bonds. The number of rotatable bonds is 3. The summed E-state index contributed by atoms with van der Waals surface area (Å²) in [7, 11) is 0. The van der Waals surface area contributed by atoms with E-state index in [1.807, 2.05) is 19.1 Å². The number of aromatic nitrogens is 2. The van der Waals surface area contributed by atoms with Gasteiger partial charge in [-0.15, -0.1) is 0 Å². The summed E-state index contributed by atoms with van der Waals surface area (Å²) in [5.41, 5.74) is 2.31. The molecule has 122 valence electrons. The molecule has 0 aliphatic carbocycles. The van der Waals surface area contributed by atoms with Gasteiger partial charge in [0.2, 0.25) is 0 Å². The van der Waals surface area contributed by atoms with Gasteiger partial charge in [0.15, 0.2) is 5.13 Å². The Bertz CT molecular complexity index is 655. The molecule has 0 unspecified atom stereocenters. The van der Waals surface area contributed by atoms with Crippen molar-refractivity contribution in [1.29, 1.82) is 0 Å². The van der Waals surface area contributed by atoms with Gasteiger partial charge in [0.05, 0.1) is 23.8 Å². The molecule has 5 nitrogen and oxygen atoms in total. The zero-order valence-electron chi connectivity index (χ0n) is 13.4. The summed E-state index contributed by atoms with van der Waals surface area (Å²) >= 11 is 1.81. The van der Waals surface area contributed by atoms with E-state index in [2.05, 4.69) is 21.3 Å². The molecule has 0 bridgehead atoms. The monoisotopic (exact) mass is 330 g/mol. The Morgan fingerprint density at radius 3 is 2.91 bits per heavy atom. The highest BCUT2D eigenvalue weighted by Crippen LogP contribution is 2.31. The zero-order chi connectivity index (χ0) is 15.6.